The summed E-state index contributed by atoms with van der Waals surface area (Å²) in [6.45, 7) is 4.39. The summed E-state index contributed by atoms with van der Waals surface area (Å²) in [6.07, 6.45) is 6.76. The van der Waals surface area contributed by atoms with Crippen molar-refractivity contribution in [2.75, 3.05) is 33.9 Å². The summed E-state index contributed by atoms with van der Waals surface area (Å²) in [5.41, 5.74) is 0.342. The molecule has 0 aromatic heterocycles. The van der Waals surface area contributed by atoms with Gasteiger partial charge in [0.1, 0.15) is 0 Å². The van der Waals surface area contributed by atoms with Crippen LogP contribution in [0.3, 0.4) is 0 Å². The van der Waals surface area contributed by atoms with E-state index in [1.165, 1.54) is 25.7 Å². The zero-order chi connectivity index (χ0) is 14.4. The highest BCUT2D eigenvalue weighted by Crippen LogP contribution is 2.54. The Morgan fingerprint density at radius 2 is 2.10 bits per heavy atom. The minimum Gasteiger partial charge on any atom is -0.383 e. The van der Waals surface area contributed by atoms with Crippen LogP contribution in [0.1, 0.15) is 39.0 Å². The van der Waals surface area contributed by atoms with Gasteiger partial charge < -0.3 is 20.1 Å². The molecule has 0 aromatic carbocycles. The number of nitrogens with zero attached hydrogens (tertiary/aromatic N) is 1. The number of hydrogen-bond donors (Lipinski definition) is 2. The quantitative estimate of drug-likeness (QED) is 0.441. The van der Waals surface area contributed by atoms with Crippen molar-refractivity contribution in [2.24, 2.45) is 10.4 Å². The van der Waals surface area contributed by atoms with Crippen molar-refractivity contribution in [3.63, 3.8) is 0 Å². The molecule has 0 bridgehead atoms. The number of ether oxygens (including phenoxy) is 2. The Hall–Kier alpha value is -0.810. The molecule has 0 saturated heterocycles. The van der Waals surface area contributed by atoms with E-state index in [0.717, 1.165) is 25.5 Å². The second kappa shape index (κ2) is 7.27. The topological polar surface area (TPSA) is 54.9 Å². The van der Waals surface area contributed by atoms with Gasteiger partial charge in [0.2, 0.25) is 0 Å². The molecule has 2 fully saturated rings. The molecular formula is C15H29N3O2. The van der Waals surface area contributed by atoms with Crippen molar-refractivity contribution < 1.29 is 9.47 Å². The van der Waals surface area contributed by atoms with Crippen LogP contribution in [0.2, 0.25) is 0 Å². The van der Waals surface area contributed by atoms with Gasteiger partial charge in [-0.2, -0.15) is 0 Å². The second-order valence-electron chi connectivity index (χ2n) is 5.81. The fourth-order valence-electron chi connectivity index (χ4n) is 3.72. The van der Waals surface area contributed by atoms with Crippen molar-refractivity contribution in [2.45, 2.75) is 51.2 Å². The van der Waals surface area contributed by atoms with E-state index < -0.39 is 0 Å². The molecule has 0 aromatic rings. The van der Waals surface area contributed by atoms with Crippen molar-refractivity contribution in [3.05, 3.63) is 0 Å². The standard InChI is InChI=1S/C15H29N3O2/c1-4-20-13-11-12(15(13)7-5-6-8-15)18-14(16-2)17-9-10-19-3/h12-13H,4-11H2,1-3H3,(H2,16,17,18). The Labute approximate surface area is 122 Å². The van der Waals surface area contributed by atoms with Crippen LogP contribution in [-0.4, -0.2) is 52.0 Å². The molecule has 2 N–H and O–H groups in total. The Bertz CT molecular complexity index is 327. The normalized spacial score (nSPS) is 28.4. The van der Waals surface area contributed by atoms with Crippen LogP contribution in [0.5, 0.6) is 0 Å². The molecule has 2 aliphatic carbocycles. The number of rotatable bonds is 6. The number of hydrogen-bond acceptors (Lipinski definition) is 3. The predicted octanol–water partition coefficient (Wildman–Crippen LogP) is 1.54. The molecule has 0 radical (unpaired) electrons. The van der Waals surface area contributed by atoms with Crippen molar-refractivity contribution in [1.29, 1.82) is 0 Å². The summed E-state index contributed by atoms with van der Waals surface area (Å²) in [5.74, 6) is 0.883. The molecule has 2 rings (SSSR count). The van der Waals surface area contributed by atoms with Crippen molar-refractivity contribution >= 4 is 5.96 Å². The van der Waals surface area contributed by atoms with E-state index in [9.17, 15) is 0 Å². The van der Waals surface area contributed by atoms with E-state index in [0.29, 0.717) is 24.2 Å². The third-order valence-electron chi connectivity index (χ3n) is 4.82. The van der Waals surface area contributed by atoms with Crippen LogP contribution in [0.15, 0.2) is 4.99 Å². The summed E-state index contributed by atoms with van der Waals surface area (Å²) in [4.78, 5) is 4.31. The molecule has 0 heterocycles. The van der Waals surface area contributed by atoms with Crippen molar-refractivity contribution in [3.8, 4) is 0 Å². The van der Waals surface area contributed by atoms with Crippen LogP contribution in [0.25, 0.3) is 0 Å². The first-order chi connectivity index (χ1) is 9.76. The van der Waals surface area contributed by atoms with Crippen LogP contribution in [-0.2, 0) is 9.47 Å². The molecule has 2 saturated carbocycles. The fraction of sp³-hybridized carbons (Fsp3) is 0.933. The highest BCUT2D eigenvalue weighted by atomic mass is 16.5. The number of methoxy groups -OCH3 is 1. The highest BCUT2D eigenvalue weighted by molar-refractivity contribution is 5.80. The lowest BCUT2D eigenvalue weighted by atomic mass is 9.60. The predicted molar refractivity (Wildman–Crippen MR) is 81.1 cm³/mol. The molecular weight excluding hydrogens is 254 g/mol. The first-order valence-electron chi connectivity index (χ1n) is 7.84. The zero-order valence-electron chi connectivity index (χ0n) is 13.1. The van der Waals surface area contributed by atoms with Crippen LogP contribution in [0.4, 0.5) is 0 Å². The lowest BCUT2D eigenvalue weighted by Gasteiger charge is -2.54. The molecule has 20 heavy (non-hydrogen) atoms. The van der Waals surface area contributed by atoms with Gasteiger partial charge >= 0.3 is 0 Å². The summed E-state index contributed by atoms with van der Waals surface area (Å²) < 4.78 is 11.0. The lowest BCUT2D eigenvalue weighted by molar-refractivity contribution is -0.125. The van der Waals surface area contributed by atoms with Crippen molar-refractivity contribution in [1.82, 2.24) is 10.6 Å². The maximum absolute atomic E-state index is 5.94. The average molecular weight is 283 g/mol. The molecule has 1 spiro atoms. The molecule has 116 valence electrons. The third kappa shape index (κ3) is 3.09. The van der Waals surface area contributed by atoms with Crippen LogP contribution in [0, 0.1) is 5.41 Å². The molecule has 5 heteroatoms. The summed E-state index contributed by atoms with van der Waals surface area (Å²) in [7, 11) is 3.53. The van der Waals surface area contributed by atoms with Gasteiger partial charge in [-0.25, -0.2) is 0 Å². The van der Waals surface area contributed by atoms with E-state index in [1.54, 1.807) is 7.11 Å². The molecule has 0 amide bonds. The monoisotopic (exact) mass is 283 g/mol. The summed E-state index contributed by atoms with van der Waals surface area (Å²) in [5, 5.41) is 6.88. The minimum absolute atomic E-state index is 0.342. The van der Waals surface area contributed by atoms with Gasteiger partial charge in [-0.05, 0) is 26.2 Å². The van der Waals surface area contributed by atoms with E-state index in [1.807, 2.05) is 7.05 Å². The Morgan fingerprint density at radius 3 is 2.70 bits per heavy atom. The second-order valence-corrected chi connectivity index (χ2v) is 5.81. The summed E-state index contributed by atoms with van der Waals surface area (Å²) >= 11 is 0. The van der Waals surface area contributed by atoms with E-state index >= 15 is 0 Å². The average Bonchev–Trinajstić information content (AvgIpc) is 2.97. The molecule has 5 nitrogen and oxygen atoms in total. The molecule has 0 aliphatic heterocycles. The maximum Gasteiger partial charge on any atom is 0.191 e. The first-order valence-corrected chi connectivity index (χ1v) is 7.84. The summed E-state index contributed by atoms with van der Waals surface area (Å²) in [6, 6.07) is 0.496. The van der Waals surface area contributed by atoms with Gasteiger partial charge in [0.05, 0.1) is 12.7 Å². The largest absolute Gasteiger partial charge is 0.383 e. The highest BCUT2D eigenvalue weighted by Gasteiger charge is 2.56. The lowest BCUT2D eigenvalue weighted by Crippen LogP contribution is -2.65. The van der Waals surface area contributed by atoms with Gasteiger partial charge in [-0.1, -0.05) is 12.8 Å². The van der Waals surface area contributed by atoms with E-state index in [-0.39, 0.29) is 0 Å². The van der Waals surface area contributed by atoms with Gasteiger partial charge in [0, 0.05) is 38.8 Å². The van der Waals surface area contributed by atoms with E-state index in [4.69, 9.17) is 9.47 Å². The van der Waals surface area contributed by atoms with Gasteiger partial charge in [0.15, 0.2) is 5.96 Å². The van der Waals surface area contributed by atoms with Crippen LogP contribution < -0.4 is 10.6 Å². The first kappa shape index (κ1) is 15.6. The maximum atomic E-state index is 5.94. The minimum atomic E-state index is 0.342. The number of aliphatic imine (C=N–C) groups is 1. The Kier molecular flexibility index (Phi) is 5.66. The smallest absolute Gasteiger partial charge is 0.191 e. The third-order valence-corrected chi connectivity index (χ3v) is 4.82. The zero-order valence-corrected chi connectivity index (χ0v) is 13.1. The Morgan fingerprint density at radius 1 is 1.35 bits per heavy atom. The SMILES string of the molecule is CCOC1CC(NC(=NC)NCCOC)C12CCCC2. The fourth-order valence-corrected chi connectivity index (χ4v) is 3.72. The van der Waals surface area contributed by atoms with Gasteiger partial charge in [-0.15, -0.1) is 0 Å². The molecule has 2 atom stereocenters. The number of guanidine groups is 1. The van der Waals surface area contributed by atoms with Gasteiger partial charge in [0.25, 0.3) is 0 Å². The molecule has 2 unspecified atom stereocenters. The Balaban J connectivity index is 1.88. The van der Waals surface area contributed by atoms with Crippen LogP contribution >= 0.6 is 0 Å². The number of nitrogens with one attached hydrogen (secondary N) is 2. The van der Waals surface area contributed by atoms with Gasteiger partial charge in [-0.3, -0.25) is 4.99 Å². The van der Waals surface area contributed by atoms with E-state index in [2.05, 4.69) is 22.5 Å². The molecule has 2 aliphatic rings.